The summed E-state index contributed by atoms with van der Waals surface area (Å²) in [5.74, 6) is 1.30. The molecule has 0 radical (unpaired) electrons. The average Bonchev–Trinajstić information content (AvgIpc) is 3.42. The van der Waals surface area contributed by atoms with Gasteiger partial charge in [-0.1, -0.05) is 12.1 Å². The third-order valence-corrected chi connectivity index (χ3v) is 5.85. The Balaban J connectivity index is 1.46. The zero-order valence-corrected chi connectivity index (χ0v) is 16.6. The van der Waals surface area contributed by atoms with Gasteiger partial charge in [0.1, 0.15) is 11.9 Å². The van der Waals surface area contributed by atoms with Crippen molar-refractivity contribution in [1.82, 2.24) is 15.1 Å². The number of benzene rings is 1. The van der Waals surface area contributed by atoms with Gasteiger partial charge in [0, 0.05) is 19.5 Å². The fourth-order valence-corrected chi connectivity index (χ4v) is 4.14. The highest BCUT2D eigenvalue weighted by Crippen LogP contribution is 2.43. The lowest BCUT2D eigenvalue weighted by Crippen LogP contribution is -2.46. The molecule has 1 amide bonds. The summed E-state index contributed by atoms with van der Waals surface area (Å²) in [4.78, 5) is 16.8. The SMILES string of the molecule is CCN1CC(CN(C)C(=O)c2n[nH]c(C3CC3)c2Br)Oc2ccccc21. The van der Waals surface area contributed by atoms with E-state index in [1.165, 1.54) is 0 Å². The maximum Gasteiger partial charge on any atom is 0.275 e. The molecule has 4 rings (SSSR count). The van der Waals surface area contributed by atoms with Gasteiger partial charge < -0.3 is 14.5 Å². The van der Waals surface area contributed by atoms with Crippen molar-refractivity contribution in [3.05, 3.63) is 40.1 Å². The second-order valence-electron chi connectivity index (χ2n) is 7.01. The number of aromatic amines is 1. The maximum absolute atomic E-state index is 12.8. The number of carbonyl (C=O) groups is 1. The largest absolute Gasteiger partial charge is 0.485 e. The second kappa shape index (κ2) is 6.95. The Morgan fingerprint density at radius 1 is 1.42 bits per heavy atom. The number of nitrogens with one attached hydrogen (secondary N) is 1. The number of carbonyl (C=O) groups excluding carboxylic acids is 1. The quantitative estimate of drug-likeness (QED) is 0.807. The van der Waals surface area contributed by atoms with E-state index in [2.05, 4.69) is 44.0 Å². The van der Waals surface area contributed by atoms with Crippen molar-refractivity contribution in [2.45, 2.75) is 31.8 Å². The minimum atomic E-state index is -0.0921. The molecule has 0 bridgehead atoms. The molecule has 1 fully saturated rings. The number of hydrogen-bond donors (Lipinski definition) is 1. The van der Waals surface area contributed by atoms with Gasteiger partial charge in [-0.2, -0.15) is 5.10 Å². The number of anilines is 1. The van der Waals surface area contributed by atoms with E-state index in [0.29, 0.717) is 18.2 Å². The summed E-state index contributed by atoms with van der Waals surface area (Å²) in [6.07, 6.45) is 2.25. The zero-order chi connectivity index (χ0) is 18.3. The molecular weight excluding hydrogens is 396 g/mol. The highest BCUT2D eigenvalue weighted by molar-refractivity contribution is 9.10. The summed E-state index contributed by atoms with van der Waals surface area (Å²) in [5.41, 5.74) is 2.61. The lowest BCUT2D eigenvalue weighted by atomic mass is 10.1. The first-order chi connectivity index (χ1) is 12.6. The predicted octanol–water partition coefficient (Wildman–Crippen LogP) is 3.41. The highest BCUT2D eigenvalue weighted by atomic mass is 79.9. The molecule has 6 nitrogen and oxygen atoms in total. The third-order valence-electron chi connectivity index (χ3n) is 5.05. The summed E-state index contributed by atoms with van der Waals surface area (Å²) < 4.78 is 6.94. The molecule has 1 aliphatic heterocycles. The van der Waals surface area contributed by atoms with Crippen molar-refractivity contribution in [3.8, 4) is 5.75 Å². The van der Waals surface area contributed by atoms with Crippen LogP contribution in [0.25, 0.3) is 0 Å². The molecule has 1 unspecified atom stereocenters. The van der Waals surface area contributed by atoms with E-state index in [4.69, 9.17) is 4.74 Å². The highest BCUT2D eigenvalue weighted by Gasteiger charge is 2.32. The smallest absolute Gasteiger partial charge is 0.275 e. The van der Waals surface area contributed by atoms with Crippen LogP contribution in [0.5, 0.6) is 5.75 Å². The van der Waals surface area contributed by atoms with Gasteiger partial charge in [0.25, 0.3) is 5.91 Å². The molecule has 1 saturated carbocycles. The number of aromatic nitrogens is 2. The van der Waals surface area contributed by atoms with Crippen LogP contribution in [-0.2, 0) is 0 Å². The first kappa shape index (κ1) is 17.4. The number of nitrogens with zero attached hydrogens (tertiary/aromatic N) is 3. The number of ether oxygens (including phenoxy) is 1. The second-order valence-corrected chi connectivity index (χ2v) is 7.80. The molecular formula is C19H23BrN4O2. The Labute approximate surface area is 161 Å². The van der Waals surface area contributed by atoms with Gasteiger partial charge in [-0.25, -0.2) is 0 Å². The molecule has 2 aliphatic rings. The van der Waals surface area contributed by atoms with E-state index >= 15 is 0 Å². The number of rotatable bonds is 5. The van der Waals surface area contributed by atoms with Crippen LogP contribution in [0, 0.1) is 0 Å². The monoisotopic (exact) mass is 418 g/mol. The zero-order valence-electron chi connectivity index (χ0n) is 15.0. The molecule has 26 heavy (non-hydrogen) atoms. The average molecular weight is 419 g/mol. The minimum absolute atomic E-state index is 0.0700. The number of H-pyrrole nitrogens is 1. The number of amides is 1. The number of halogens is 1. The predicted molar refractivity (Wildman–Crippen MR) is 104 cm³/mol. The van der Waals surface area contributed by atoms with Crippen molar-refractivity contribution in [2.24, 2.45) is 0 Å². The minimum Gasteiger partial charge on any atom is -0.485 e. The van der Waals surface area contributed by atoms with E-state index in [0.717, 1.165) is 47.5 Å². The Morgan fingerprint density at radius 3 is 2.92 bits per heavy atom. The van der Waals surface area contributed by atoms with E-state index in [9.17, 15) is 4.79 Å². The van der Waals surface area contributed by atoms with Crippen LogP contribution >= 0.6 is 15.9 Å². The van der Waals surface area contributed by atoms with Gasteiger partial charge >= 0.3 is 0 Å². The van der Waals surface area contributed by atoms with Crippen molar-refractivity contribution in [1.29, 1.82) is 0 Å². The lowest BCUT2D eigenvalue weighted by molar-refractivity contribution is 0.0703. The van der Waals surface area contributed by atoms with Crippen LogP contribution in [0.1, 0.15) is 41.9 Å². The van der Waals surface area contributed by atoms with Crippen LogP contribution < -0.4 is 9.64 Å². The normalized spacial score (nSPS) is 19.0. The lowest BCUT2D eigenvalue weighted by Gasteiger charge is -2.37. The Kier molecular flexibility index (Phi) is 4.65. The van der Waals surface area contributed by atoms with Gasteiger partial charge in [-0.15, -0.1) is 0 Å². The summed E-state index contributed by atoms with van der Waals surface area (Å²) in [6.45, 7) is 4.32. The number of fused-ring (bicyclic) bond motifs is 1. The molecule has 2 heterocycles. The summed E-state index contributed by atoms with van der Waals surface area (Å²) in [5, 5.41) is 7.26. The molecule has 138 valence electrons. The molecule has 0 spiro atoms. The van der Waals surface area contributed by atoms with E-state index < -0.39 is 0 Å². The molecule has 1 N–H and O–H groups in total. The van der Waals surface area contributed by atoms with Gasteiger partial charge in [0.15, 0.2) is 5.69 Å². The van der Waals surface area contributed by atoms with Gasteiger partial charge in [-0.3, -0.25) is 9.89 Å². The van der Waals surface area contributed by atoms with Gasteiger partial charge in [-0.05, 0) is 47.8 Å². The molecule has 1 atom stereocenters. The molecule has 1 aromatic heterocycles. The first-order valence-corrected chi connectivity index (χ1v) is 9.87. The maximum atomic E-state index is 12.8. The Morgan fingerprint density at radius 2 is 2.19 bits per heavy atom. The summed E-state index contributed by atoms with van der Waals surface area (Å²) in [7, 11) is 1.81. The van der Waals surface area contributed by atoms with Crippen molar-refractivity contribution in [3.63, 3.8) is 0 Å². The Bertz CT molecular complexity index is 818. The molecule has 1 aliphatic carbocycles. The molecule has 7 heteroatoms. The van der Waals surface area contributed by atoms with Crippen LogP contribution in [0.15, 0.2) is 28.7 Å². The number of hydrogen-bond acceptors (Lipinski definition) is 4. The molecule has 2 aromatic rings. The fourth-order valence-electron chi connectivity index (χ4n) is 3.47. The van der Waals surface area contributed by atoms with E-state index in [-0.39, 0.29) is 12.0 Å². The van der Waals surface area contributed by atoms with Crippen LogP contribution in [0.4, 0.5) is 5.69 Å². The first-order valence-electron chi connectivity index (χ1n) is 9.08. The van der Waals surface area contributed by atoms with Crippen molar-refractivity contribution < 1.29 is 9.53 Å². The fraction of sp³-hybridized carbons (Fsp3) is 0.474. The molecule has 0 saturated heterocycles. The van der Waals surface area contributed by atoms with Gasteiger partial charge in [0.05, 0.1) is 28.9 Å². The summed E-state index contributed by atoms with van der Waals surface area (Å²) >= 11 is 3.55. The number of likely N-dealkylation sites (N-methyl/N-ethyl adjacent to an activating group) is 2. The van der Waals surface area contributed by atoms with Crippen LogP contribution in [0.2, 0.25) is 0 Å². The Hall–Kier alpha value is -2.02. The van der Waals surface area contributed by atoms with Crippen molar-refractivity contribution in [2.75, 3.05) is 31.6 Å². The van der Waals surface area contributed by atoms with Crippen molar-refractivity contribution >= 4 is 27.5 Å². The standard InChI is InChI=1S/C19H23BrN4O2/c1-3-24-11-13(26-15-7-5-4-6-14(15)24)10-23(2)19(25)18-16(20)17(21-22-18)12-8-9-12/h4-7,12-13H,3,8-11H2,1-2H3,(H,21,22). The molecule has 1 aromatic carbocycles. The summed E-state index contributed by atoms with van der Waals surface area (Å²) in [6, 6.07) is 8.06. The topological polar surface area (TPSA) is 61.5 Å². The van der Waals surface area contributed by atoms with E-state index in [1.807, 2.05) is 18.2 Å². The number of para-hydroxylation sites is 2. The van der Waals surface area contributed by atoms with E-state index in [1.54, 1.807) is 11.9 Å². The van der Waals surface area contributed by atoms with Crippen LogP contribution in [0.3, 0.4) is 0 Å². The third kappa shape index (κ3) is 3.20. The van der Waals surface area contributed by atoms with Gasteiger partial charge in [0.2, 0.25) is 0 Å². The van der Waals surface area contributed by atoms with Crippen LogP contribution in [-0.4, -0.2) is 53.8 Å².